The smallest absolute Gasteiger partial charge is 0.259 e. The Morgan fingerprint density at radius 3 is 3.00 bits per heavy atom. The number of nitrogens with one attached hydrogen (secondary N) is 1. The molecule has 3 N–H and O–H groups in total. The molecule has 1 atom stereocenters. The van der Waals surface area contributed by atoms with Crippen LogP contribution in [0, 0.1) is 6.92 Å². The van der Waals surface area contributed by atoms with Gasteiger partial charge < -0.3 is 20.0 Å². The summed E-state index contributed by atoms with van der Waals surface area (Å²) in [5.74, 6) is 2.81. The maximum atomic E-state index is 6.07. The number of rotatable bonds is 6. The van der Waals surface area contributed by atoms with Gasteiger partial charge in [-0.2, -0.15) is 19.5 Å². The van der Waals surface area contributed by atoms with Crippen molar-refractivity contribution in [3.63, 3.8) is 0 Å². The third-order valence-electron chi connectivity index (χ3n) is 5.26. The number of furan rings is 1. The lowest BCUT2D eigenvalue weighted by Crippen LogP contribution is -2.43. The molecule has 30 heavy (non-hydrogen) atoms. The summed E-state index contributed by atoms with van der Waals surface area (Å²) < 4.78 is 12.0. The molecule has 1 fully saturated rings. The van der Waals surface area contributed by atoms with E-state index in [0.29, 0.717) is 35.9 Å². The number of hydrogen-bond acceptors (Lipinski definition) is 10. The van der Waals surface area contributed by atoms with Crippen molar-refractivity contribution < 1.29 is 8.94 Å². The van der Waals surface area contributed by atoms with E-state index in [9.17, 15) is 0 Å². The summed E-state index contributed by atoms with van der Waals surface area (Å²) >= 11 is 0. The number of piperidine rings is 1. The number of anilines is 2. The zero-order valence-electron chi connectivity index (χ0n) is 16.7. The molecule has 0 spiro atoms. The van der Waals surface area contributed by atoms with Gasteiger partial charge in [0, 0.05) is 25.2 Å². The Bertz CT molecular complexity index is 1130. The minimum atomic E-state index is 0.214. The maximum Gasteiger partial charge on any atom is 0.259 e. The molecule has 5 heterocycles. The Morgan fingerprint density at radius 1 is 1.27 bits per heavy atom. The van der Waals surface area contributed by atoms with Crippen LogP contribution in [0.3, 0.4) is 0 Å². The van der Waals surface area contributed by atoms with Gasteiger partial charge in [-0.05, 0) is 38.4 Å². The molecule has 5 rings (SSSR count). The van der Waals surface area contributed by atoms with Crippen LogP contribution in [-0.2, 0) is 6.54 Å². The summed E-state index contributed by atoms with van der Waals surface area (Å²) in [6.45, 7) is 4.40. The summed E-state index contributed by atoms with van der Waals surface area (Å²) in [7, 11) is 0. The Morgan fingerprint density at radius 2 is 2.20 bits per heavy atom. The van der Waals surface area contributed by atoms with Crippen molar-refractivity contribution >= 4 is 17.7 Å². The first kappa shape index (κ1) is 18.6. The number of aromatic nitrogens is 6. The van der Waals surface area contributed by atoms with Crippen molar-refractivity contribution in [2.75, 3.05) is 24.1 Å². The molecule has 0 aliphatic carbocycles. The Balaban J connectivity index is 1.30. The second-order valence-corrected chi connectivity index (χ2v) is 7.46. The number of fused-ring (bicyclic) bond motifs is 1. The molecule has 4 aromatic heterocycles. The Kier molecular flexibility index (Phi) is 4.79. The SMILES string of the molecule is Cc1cc(CN2CCCCC2CNc2nc(N)n3nc(-c4ccco4)nc3n2)no1. The van der Waals surface area contributed by atoms with Crippen LogP contribution in [0.4, 0.5) is 11.9 Å². The summed E-state index contributed by atoms with van der Waals surface area (Å²) in [5, 5.41) is 11.8. The highest BCUT2D eigenvalue weighted by molar-refractivity contribution is 5.52. The largest absolute Gasteiger partial charge is 0.461 e. The fourth-order valence-corrected chi connectivity index (χ4v) is 3.80. The molecule has 1 saturated heterocycles. The quantitative estimate of drug-likeness (QED) is 0.487. The lowest BCUT2D eigenvalue weighted by atomic mass is 10.0. The number of nitrogens with zero attached hydrogens (tertiary/aromatic N) is 7. The minimum absolute atomic E-state index is 0.214. The lowest BCUT2D eigenvalue weighted by molar-refractivity contribution is 0.144. The third kappa shape index (κ3) is 3.71. The van der Waals surface area contributed by atoms with Crippen molar-refractivity contribution in [3.8, 4) is 11.6 Å². The molecular formula is C19H23N9O2. The van der Waals surface area contributed by atoms with E-state index in [1.54, 1.807) is 18.4 Å². The molecule has 0 saturated carbocycles. The second-order valence-electron chi connectivity index (χ2n) is 7.46. The van der Waals surface area contributed by atoms with Gasteiger partial charge in [-0.15, -0.1) is 5.10 Å². The van der Waals surface area contributed by atoms with Crippen LogP contribution >= 0.6 is 0 Å². The van der Waals surface area contributed by atoms with Crippen LogP contribution in [0.2, 0.25) is 0 Å². The van der Waals surface area contributed by atoms with Crippen molar-refractivity contribution in [1.29, 1.82) is 0 Å². The predicted octanol–water partition coefficient (Wildman–Crippen LogP) is 2.12. The molecule has 4 aromatic rings. The van der Waals surface area contributed by atoms with E-state index < -0.39 is 0 Å². The normalized spacial score (nSPS) is 17.6. The van der Waals surface area contributed by atoms with Gasteiger partial charge in [-0.3, -0.25) is 4.90 Å². The third-order valence-corrected chi connectivity index (χ3v) is 5.26. The van der Waals surface area contributed by atoms with Crippen molar-refractivity contribution in [1.82, 2.24) is 34.6 Å². The van der Waals surface area contributed by atoms with Gasteiger partial charge in [0.05, 0.1) is 12.0 Å². The fourth-order valence-electron chi connectivity index (χ4n) is 3.80. The standard InChI is InChI=1S/C19H23N9O2/c1-12-9-13(26-30-12)11-27-7-3-2-5-14(27)10-21-18-23-17(20)28-19(24-18)22-16(25-28)15-6-4-8-29-15/h4,6,8-9,14H,2-3,5,7,10-11H2,1H3,(H3,20,21,22,23,24,25). The number of aryl methyl sites for hydroxylation is 1. The highest BCUT2D eigenvalue weighted by atomic mass is 16.5. The summed E-state index contributed by atoms with van der Waals surface area (Å²) in [6.07, 6.45) is 5.03. The maximum absolute atomic E-state index is 6.07. The monoisotopic (exact) mass is 409 g/mol. The van der Waals surface area contributed by atoms with Gasteiger partial charge in [0.1, 0.15) is 5.76 Å². The van der Waals surface area contributed by atoms with Crippen LogP contribution in [0.5, 0.6) is 0 Å². The molecule has 0 bridgehead atoms. The predicted molar refractivity (Wildman–Crippen MR) is 108 cm³/mol. The fraction of sp³-hybridized carbons (Fsp3) is 0.421. The van der Waals surface area contributed by atoms with Crippen molar-refractivity contribution in [3.05, 3.63) is 35.9 Å². The summed E-state index contributed by atoms with van der Waals surface area (Å²) in [4.78, 5) is 15.6. The molecule has 1 aliphatic rings. The molecule has 1 unspecified atom stereocenters. The molecule has 1 aliphatic heterocycles. The van der Waals surface area contributed by atoms with Gasteiger partial charge in [0.15, 0.2) is 5.76 Å². The van der Waals surface area contributed by atoms with Gasteiger partial charge >= 0.3 is 0 Å². The van der Waals surface area contributed by atoms with Gasteiger partial charge in [-0.25, -0.2) is 0 Å². The van der Waals surface area contributed by atoms with E-state index in [-0.39, 0.29) is 5.95 Å². The van der Waals surface area contributed by atoms with E-state index in [0.717, 1.165) is 31.0 Å². The molecule has 0 amide bonds. The first-order chi connectivity index (χ1) is 14.7. The lowest BCUT2D eigenvalue weighted by Gasteiger charge is -2.35. The first-order valence-electron chi connectivity index (χ1n) is 10.00. The minimum Gasteiger partial charge on any atom is -0.461 e. The van der Waals surface area contributed by atoms with Crippen LogP contribution in [-0.4, -0.2) is 53.8 Å². The van der Waals surface area contributed by atoms with Crippen LogP contribution in [0.25, 0.3) is 17.4 Å². The molecule has 11 nitrogen and oxygen atoms in total. The van der Waals surface area contributed by atoms with Gasteiger partial charge in [0.2, 0.25) is 17.7 Å². The van der Waals surface area contributed by atoms with Crippen LogP contribution in [0.15, 0.2) is 33.4 Å². The van der Waals surface area contributed by atoms with Crippen LogP contribution in [0.1, 0.15) is 30.7 Å². The average molecular weight is 409 g/mol. The zero-order chi connectivity index (χ0) is 20.5. The van der Waals surface area contributed by atoms with Crippen LogP contribution < -0.4 is 11.1 Å². The molecule has 11 heteroatoms. The number of hydrogen-bond donors (Lipinski definition) is 2. The summed E-state index contributed by atoms with van der Waals surface area (Å²) in [6, 6.07) is 5.89. The van der Waals surface area contributed by atoms with Crippen molar-refractivity contribution in [2.24, 2.45) is 0 Å². The van der Waals surface area contributed by atoms with E-state index in [1.165, 1.54) is 17.4 Å². The topological polar surface area (TPSA) is 136 Å². The van der Waals surface area contributed by atoms with E-state index >= 15 is 0 Å². The van der Waals surface area contributed by atoms with E-state index in [4.69, 9.17) is 14.7 Å². The van der Waals surface area contributed by atoms with Gasteiger partial charge in [-0.1, -0.05) is 11.6 Å². The van der Waals surface area contributed by atoms with Crippen molar-refractivity contribution in [2.45, 2.75) is 38.8 Å². The number of nitrogens with two attached hydrogens (primary N) is 1. The first-order valence-corrected chi connectivity index (χ1v) is 10.00. The highest BCUT2D eigenvalue weighted by Crippen LogP contribution is 2.21. The average Bonchev–Trinajstić information content (AvgIpc) is 3.48. The zero-order valence-corrected chi connectivity index (χ0v) is 16.7. The Hall–Kier alpha value is -3.47. The number of nitrogen functional groups attached to an aromatic ring is 1. The molecular weight excluding hydrogens is 386 g/mol. The molecule has 156 valence electrons. The summed E-state index contributed by atoms with van der Waals surface area (Å²) in [5.41, 5.74) is 7.03. The highest BCUT2D eigenvalue weighted by Gasteiger charge is 2.24. The molecule has 0 radical (unpaired) electrons. The van der Waals surface area contributed by atoms with E-state index in [1.807, 2.05) is 13.0 Å². The number of likely N-dealkylation sites (tertiary alicyclic amines) is 1. The molecule has 0 aromatic carbocycles. The second kappa shape index (κ2) is 7.75. The Labute approximate surface area is 172 Å². The van der Waals surface area contributed by atoms with Gasteiger partial charge in [0.25, 0.3) is 5.78 Å². The van der Waals surface area contributed by atoms with E-state index in [2.05, 4.69) is 35.4 Å².